The first-order valence-corrected chi connectivity index (χ1v) is 10.2. The minimum absolute atomic E-state index is 0.0229. The van der Waals surface area contributed by atoms with Crippen molar-refractivity contribution >= 4 is 29.0 Å². The predicted octanol–water partition coefficient (Wildman–Crippen LogP) is 1.79. The van der Waals surface area contributed by atoms with Crippen molar-refractivity contribution in [2.75, 3.05) is 22.5 Å². The number of fused-ring (bicyclic) bond motifs is 1. The highest BCUT2D eigenvalue weighted by atomic mass is 16.2. The summed E-state index contributed by atoms with van der Waals surface area (Å²) in [7, 11) is 0. The molecule has 3 rings (SSSR count). The van der Waals surface area contributed by atoms with Crippen molar-refractivity contribution < 1.29 is 9.59 Å². The third-order valence-electron chi connectivity index (χ3n) is 5.23. The number of amides is 2. The number of nitrogens with one attached hydrogen (secondary N) is 2. The second-order valence-corrected chi connectivity index (χ2v) is 7.38. The van der Waals surface area contributed by atoms with Crippen molar-refractivity contribution in [1.82, 2.24) is 9.55 Å². The Labute approximate surface area is 173 Å². The first-order valence-electron chi connectivity index (χ1n) is 10.2. The van der Waals surface area contributed by atoms with E-state index in [4.69, 9.17) is 5.73 Å². The van der Waals surface area contributed by atoms with Gasteiger partial charge >= 0.3 is 5.69 Å². The number of benzene rings is 1. The normalized spacial score (nSPS) is 15.4. The average Bonchev–Trinajstić information content (AvgIpc) is 2.72. The van der Waals surface area contributed by atoms with Gasteiger partial charge in [0.05, 0.1) is 5.92 Å². The third kappa shape index (κ3) is 4.00. The highest BCUT2D eigenvalue weighted by Crippen LogP contribution is 2.34. The lowest BCUT2D eigenvalue weighted by Crippen LogP contribution is -2.44. The monoisotopic (exact) mass is 413 g/mol. The van der Waals surface area contributed by atoms with Crippen LogP contribution in [0.3, 0.4) is 0 Å². The lowest BCUT2D eigenvalue weighted by molar-refractivity contribution is -0.124. The second kappa shape index (κ2) is 8.98. The van der Waals surface area contributed by atoms with Gasteiger partial charge in [0.2, 0.25) is 11.8 Å². The van der Waals surface area contributed by atoms with E-state index in [1.54, 1.807) is 24.3 Å². The Kier molecular flexibility index (Phi) is 6.39. The van der Waals surface area contributed by atoms with Gasteiger partial charge in [0.25, 0.3) is 5.56 Å². The van der Waals surface area contributed by atoms with Crippen LogP contribution in [0.4, 0.5) is 17.2 Å². The van der Waals surface area contributed by atoms with Gasteiger partial charge in [-0.1, -0.05) is 38.5 Å². The molecule has 1 aliphatic heterocycles. The number of nitrogens with two attached hydrogens (primary N) is 1. The van der Waals surface area contributed by atoms with E-state index in [1.165, 1.54) is 9.47 Å². The number of aromatic amines is 1. The number of nitrogens with zero attached hydrogens (tertiary/aromatic N) is 2. The second-order valence-electron chi connectivity index (χ2n) is 7.38. The fraction of sp³-hybridized carbons (Fsp3) is 0.429. The highest BCUT2D eigenvalue weighted by Gasteiger charge is 2.35. The van der Waals surface area contributed by atoms with E-state index < -0.39 is 17.2 Å². The largest absolute Gasteiger partial charge is 0.383 e. The molecule has 2 aromatic rings. The van der Waals surface area contributed by atoms with Crippen LogP contribution in [-0.4, -0.2) is 27.9 Å². The summed E-state index contributed by atoms with van der Waals surface area (Å²) >= 11 is 0. The Morgan fingerprint density at radius 2 is 1.93 bits per heavy atom. The number of hydrogen-bond donors (Lipinski definition) is 3. The van der Waals surface area contributed by atoms with Crippen LogP contribution in [0.2, 0.25) is 0 Å². The van der Waals surface area contributed by atoms with Crippen LogP contribution in [0, 0.1) is 0 Å². The molecule has 0 fully saturated rings. The summed E-state index contributed by atoms with van der Waals surface area (Å²) < 4.78 is 1.27. The van der Waals surface area contributed by atoms with Crippen LogP contribution in [0.5, 0.6) is 0 Å². The number of anilines is 3. The van der Waals surface area contributed by atoms with E-state index in [2.05, 4.69) is 10.3 Å². The van der Waals surface area contributed by atoms with Crippen LogP contribution in [-0.2, 0) is 16.1 Å². The molecular formula is C21H27N5O4. The fourth-order valence-corrected chi connectivity index (χ4v) is 3.75. The van der Waals surface area contributed by atoms with Crippen molar-refractivity contribution in [3.05, 3.63) is 50.7 Å². The molecule has 1 aromatic carbocycles. The van der Waals surface area contributed by atoms with Crippen molar-refractivity contribution in [3.63, 3.8) is 0 Å². The van der Waals surface area contributed by atoms with Crippen LogP contribution < -0.4 is 27.2 Å². The maximum atomic E-state index is 13.6. The van der Waals surface area contributed by atoms with Gasteiger partial charge in [-0.3, -0.25) is 23.9 Å². The number of unbranched alkanes of at least 4 members (excludes halogenated alkanes) is 1. The van der Waals surface area contributed by atoms with Gasteiger partial charge in [0.15, 0.2) is 5.69 Å². The summed E-state index contributed by atoms with van der Waals surface area (Å²) in [5.74, 6) is -1.43. The Morgan fingerprint density at radius 1 is 1.20 bits per heavy atom. The first kappa shape index (κ1) is 21.4. The number of nitrogen functional groups attached to an aromatic ring is 1. The molecule has 2 amide bonds. The molecule has 0 radical (unpaired) electrons. The molecule has 0 aliphatic carbocycles. The maximum Gasteiger partial charge on any atom is 0.330 e. The van der Waals surface area contributed by atoms with Gasteiger partial charge in [0.1, 0.15) is 5.82 Å². The van der Waals surface area contributed by atoms with Crippen molar-refractivity contribution in [1.29, 1.82) is 0 Å². The molecule has 4 N–H and O–H groups in total. The number of rotatable bonds is 7. The van der Waals surface area contributed by atoms with Crippen LogP contribution >= 0.6 is 0 Å². The van der Waals surface area contributed by atoms with Gasteiger partial charge in [0, 0.05) is 25.2 Å². The third-order valence-corrected chi connectivity index (χ3v) is 5.23. The molecule has 1 unspecified atom stereocenters. The van der Waals surface area contributed by atoms with Gasteiger partial charge < -0.3 is 16.0 Å². The molecule has 160 valence electrons. The Morgan fingerprint density at radius 3 is 2.63 bits per heavy atom. The van der Waals surface area contributed by atoms with E-state index in [0.29, 0.717) is 30.6 Å². The van der Waals surface area contributed by atoms with E-state index in [-0.39, 0.29) is 36.3 Å². The van der Waals surface area contributed by atoms with E-state index in [1.807, 2.05) is 13.8 Å². The number of carbonyl (C=O) groups is 2. The molecule has 1 aliphatic rings. The predicted molar refractivity (Wildman–Crippen MR) is 116 cm³/mol. The minimum atomic E-state index is -0.739. The molecule has 0 saturated heterocycles. The molecular weight excluding hydrogens is 386 g/mol. The van der Waals surface area contributed by atoms with Gasteiger partial charge in [-0.25, -0.2) is 4.79 Å². The minimum Gasteiger partial charge on any atom is -0.383 e. The molecule has 0 spiro atoms. The van der Waals surface area contributed by atoms with Crippen LogP contribution in [0.15, 0.2) is 33.9 Å². The highest BCUT2D eigenvalue weighted by molar-refractivity contribution is 6.06. The molecule has 9 nitrogen and oxygen atoms in total. The lowest BCUT2D eigenvalue weighted by atomic mass is 9.89. The molecule has 1 atom stereocenters. The molecule has 0 bridgehead atoms. The summed E-state index contributed by atoms with van der Waals surface area (Å²) in [6.07, 6.45) is 2.04. The van der Waals surface area contributed by atoms with E-state index >= 15 is 0 Å². The lowest BCUT2D eigenvalue weighted by Gasteiger charge is -2.31. The molecule has 0 saturated carbocycles. The van der Waals surface area contributed by atoms with Crippen LogP contribution in [0.1, 0.15) is 51.0 Å². The molecule has 30 heavy (non-hydrogen) atoms. The summed E-state index contributed by atoms with van der Waals surface area (Å²) in [4.78, 5) is 54.3. The number of para-hydroxylation sites is 1. The first-order chi connectivity index (χ1) is 14.4. The zero-order valence-corrected chi connectivity index (χ0v) is 17.2. The topological polar surface area (TPSA) is 130 Å². The van der Waals surface area contributed by atoms with Gasteiger partial charge in [-0.05, 0) is 24.5 Å². The van der Waals surface area contributed by atoms with E-state index in [9.17, 15) is 19.2 Å². The maximum absolute atomic E-state index is 13.6. The number of carbonyl (C=O) groups excluding carboxylic acids is 2. The summed E-state index contributed by atoms with van der Waals surface area (Å²) in [6.45, 7) is 4.43. The van der Waals surface area contributed by atoms with Crippen molar-refractivity contribution in [3.8, 4) is 0 Å². The standard InChI is InChI=1S/C21H27N5O4/c1-3-5-11-25(17-18(22)26(10-4-2)21(30)24-19(17)28)20(29)14-12-16(27)23-15-9-7-6-8-13(14)15/h6-9,14H,3-5,10-12,22H2,1-2H3,(H,23,27)(H,24,28,30). The molecule has 2 heterocycles. The van der Waals surface area contributed by atoms with Gasteiger partial charge in [-0.2, -0.15) is 0 Å². The Hall–Kier alpha value is -3.36. The number of hydrogen-bond acceptors (Lipinski definition) is 5. The smallest absolute Gasteiger partial charge is 0.330 e. The van der Waals surface area contributed by atoms with Crippen molar-refractivity contribution in [2.24, 2.45) is 0 Å². The summed E-state index contributed by atoms with van der Waals surface area (Å²) in [6, 6.07) is 7.12. The number of aromatic nitrogens is 2. The summed E-state index contributed by atoms with van der Waals surface area (Å²) in [5, 5.41) is 2.77. The van der Waals surface area contributed by atoms with Crippen LogP contribution in [0.25, 0.3) is 0 Å². The zero-order chi connectivity index (χ0) is 21.8. The quantitative estimate of drug-likeness (QED) is 0.637. The zero-order valence-electron chi connectivity index (χ0n) is 17.2. The Balaban J connectivity index is 2.12. The average molecular weight is 413 g/mol. The SMILES string of the molecule is CCCCN(C(=O)C1CC(=O)Nc2ccccc21)c1c(N)n(CCC)c(=O)[nH]c1=O. The van der Waals surface area contributed by atoms with E-state index in [0.717, 1.165) is 6.42 Å². The molecule has 9 heteroatoms. The number of H-pyrrole nitrogens is 1. The van der Waals surface area contributed by atoms with Crippen molar-refractivity contribution in [2.45, 2.75) is 52.0 Å². The fourth-order valence-electron chi connectivity index (χ4n) is 3.75. The molecule has 1 aromatic heterocycles. The Bertz CT molecular complexity index is 1070. The summed E-state index contributed by atoms with van der Waals surface area (Å²) in [5.41, 5.74) is 6.14. The van der Waals surface area contributed by atoms with Gasteiger partial charge in [-0.15, -0.1) is 0 Å².